The molecule has 0 saturated carbocycles. The molecular weight excluding hydrogens is 403 g/mol. The van der Waals surface area contributed by atoms with Crippen LogP contribution in [0.4, 0.5) is 4.39 Å². The van der Waals surface area contributed by atoms with Gasteiger partial charge in [0.15, 0.2) is 0 Å². The smallest absolute Gasteiger partial charge is 0.255 e. The lowest BCUT2D eigenvalue weighted by Gasteiger charge is -2.19. The van der Waals surface area contributed by atoms with E-state index in [0.717, 1.165) is 27.8 Å². The number of H-pyrrole nitrogens is 1. The molecule has 2 N–H and O–H groups in total. The van der Waals surface area contributed by atoms with Crippen molar-refractivity contribution in [2.24, 2.45) is 0 Å². The van der Waals surface area contributed by atoms with E-state index >= 15 is 0 Å². The van der Waals surface area contributed by atoms with Gasteiger partial charge in [-0.05, 0) is 41.5 Å². The van der Waals surface area contributed by atoms with Gasteiger partial charge in [0.1, 0.15) is 11.6 Å². The van der Waals surface area contributed by atoms with Crippen molar-refractivity contribution >= 4 is 28.4 Å². The fraction of sp³-hybridized carbons (Fsp3) is 0.125. The lowest BCUT2D eigenvalue weighted by Crippen LogP contribution is -2.29. The summed E-state index contributed by atoms with van der Waals surface area (Å²) in [5, 5.41) is 4.00. The van der Waals surface area contributed by atoms with Gasteiger partial charge < -0.3 is 15.0 Å². The Morgan fingerprint density at radius 3 is 2.60 bits per heavy atom. The van der Waals surface area contributed by atoms with Crippen molar-refractivity contribution < 1.29 is 13.9 Å². The molecule has 1 aromatic heterocycles. The molecule has 1 atom stereocenters. The van der Waals surface area contributed by atoms with E-state index in [-0.39, 0.29) is 23.0 Å². The van der Waals surface area contributed by atoms with Gasteiger partial charge in [0.25, 0.3) is 5.91 Å². The molecule has 0 aliphatic carbocycles. The van der Waals surface area contributed by atoms with Crippen LogP contribution in [0.5, 0.6) is 5.75 Å². The summed E-state index contributed by atoms with van der Waals surface area (Å²) in [6.07, 6.45) is 1.95. The zero-order chi connectivity index (χ0) is 21.1. The van der Waals surface area contributed by atoms with Crippen molar-refractivity contribution in [2.75, 3.05) is 13.7 Å². The molecule has 1 heterocycles. The second kappa shape index (κ2) is 8.59. The summed E-state index contributed by atoms with van der Waals surface area (Å²) >= 11 is 6.05. The van der Waals surface area contributed by atoms with E-state index in [9.17, 15) is 9.18 Å². The number of carbonyl (C=O) groups excluding carboxylic acids is 1. The number of fused-ring (bicyclic) bond motifs is 1. The molecule has 0 bridgehead atoms. The second-order valence-corrected chi connectivity index (χ2v) is 7.33. The van der Waals surface area contributed by atoms with Crippen LogP contribution >= 0.6 is 11.6 Å². The fourth-order valence-electron chi connectivity index (χ4n) is 3.62. The van der Waals surface area contributed by atoms with Crippen molar-refractivity contribution in [1.82, 2.24) is 10.3 Å². The molecular formula is C24H20ClFN2O2. The number of aromatic nitrogens is 1. The van der Waals surface area contributed by atoms with Crippen molar-refractivity contribution in [3.63, 3.8) is 0 Å². The maximum absolute atomic E-state index is 14.1. The number of methoxy groups -OCH3 is 1. The highest BCUT2D eigenvalue weighted by molar-refractivity contribution is 6.33. The number of carbonyl (C=O) groups is 1. The highest BCUT2D eigenvalue weighted by Gasteiger charge is 2.21. The third-order valence-corrected chi connectivity index (χ3v) is 5.49. The number of aromatic amines is 1. The first-order valence-electron chi connectivity index (χ1n) is 9.50. The molecule has 0 aliphatic rings. The van der Waals surface area contributed by atoms with Crippen molar-refractivity contribution in [2.45, 2.75) is 5.92 Å². The van der Waals surface area contributed by atoms with E-state index in [1.54, 1.807) is 7.11 Å². The number of para-hydroxylation sites is 1. The average Bonchev–Trinajstić information content (AvgIpc) is 3.18. The Morgan fingerprint density at radius 2 is 1.87 bits per heavy atom. The van der Waals surface area contributed by atoms with Gasteiger partial charge in [0.05, 0.1) is 17.7 Å². The minimum Gasteiger partial charge on any atom is -0.497 e. The third-order valence-electron chi connectivity index (χ3n) is 5.17. The van der Waals surface area contributed by atoms with Crippen molar-refractivity contribution in [1.29, 1.82) is 0 Å². The van der Waals surface area contributed by atoms with Gasteiger partial charge in [-0.3, -0.25) is 4.79 Å². The SMILES string of the molecule is COc1ccc(C(CNC(=O)c2c(F)cccc2Cl)c2c[nH]c3ccccc23)cc1. The molecule has 0 aliphatic heterocycles. The van der Waals surface area contributed by atoms with Crippen LogP contribution in [0.15, 0.2) is 72.9 Å². The first-order chi connectivity index (χ1) is 14.6. The van der Waals surface area contributed by atoms with Gasteiger partial charge in [0.2, 0.25) is 0 Å². The Balaban J connectivity index is 1.68. The van der Waals surface area contributed by atoms with E-state index in [1.807, 2.05) is 54.7 Å². The van der Waals surface area contributed by atoms with E-state index in [2.05, 4.69) is 10.3 Å². The predicted molar refractivity (Wildman–Crippen MR) is 117 cm³/mol. The predicted octanol–water partition coefficient (Wildman–Crippen LogP) is 5.53. The summed E-state index contributed by atoms with van der Waals surface area (Å²) in [7, 11) is 1.62. The van der Waals surface area contributed by atoms with Crippen LogP contribution in [0.2, 0.25) is 5.02 Å². The average molecular weight is 423 g/mol. The third kappa shape index (κ3) is 3.89. The zero-order valence-corrected chi connectivity index (χ0v) is 17.0. The maximum Gasteiger partial charge on any atom is 0.255 e. The molecule has 6 heteroatoms. The highest BCUT2D eigenvalue weighted by Crippen LogP contribution is 2.31. The van der Waals surface area contributed by atoms with Crippen LogP contribution in [-0.2, 0) is 0 Å². The molecule has 0 radical (unpaired) electrons. The Labute approximate surface area is 178 Å². The number of hydrogen-bond acceptors (Lipinski definition) is 2. The Morgan fingerprint density at radius 1 is 1.10 bits per heavy atom. The number of halogens is 2. The summed E-state index contributed by atoms with van der Waals surface area (Å²) in [5.41, 5.74) is 2.90. The molecule has 4 aromatic rings. The first-order valence-corrected chi connectivity index (χ1v) is 9.88. The van der Waals surface area contributed by atoms with E-state index in [0.29, 0.717) is 0 Å². The normalized spacial score (nSPS) is 12.0. The topological polar surface area (TPSA) is 54.1 Å². The fourth-order valence-corrected chi connectivity index (χ4v) is 3.87. The molecule has 30 heavy (non-hydrogen) atoms. The van der Waals surface area contributed by atoms with Crippen LogP contribution in [0.3, 0.4) is 0 Å². The Kier molecular flexibility index (Phi) is 5.72. The van der Waals surface area contributed by atoms with Crippen LogP contribution in [0.25, 0.3) is 10.9 Å². The first kappa shape index (κ1) is 20.0. The van der Waals surface area contributed by atoms with Crippen LogP contribution in [-0.4, -0.2) is 24.5 Å². The van der Waals surface area contributed by atoms with Gasteiger partial charge in [-0.2, -0.15) is 0 Å². The van der Waals surface area contributed by atoms with E-state index < -0.39 is 11.7 Å². The van der Waals surface area contributed by atoms with Gasteiger partial charge in [-0.15, -0.1) is 0 Å². The molecule has 1 amide bonds. The molecule has 0 spiro atoms. The van der Waals surface area contributed by atoms with E-state index in [1.165, 1.54) is 18.2 Å². The second-order valence-electron chi connectivity index (χ2n) is 6.92. The van der Waals surface area contributed by atoms with E-state index in [4.69, 9.17) is 16.3 Å². The van der Waals surface area contributed by atoms with Gasteiger partial charge in [-0.1, -0.05) is 48.0 Å². The maximum atomic E-state index is 14.1. The number of benzene rings is 3. The summed E-state index contributed by atoms with van der Waals surface area (Å²) in [5.74, 6) is -0.593. The number of amides is 1. The summed E-state index contributed by atoms with van der Waals surface area (Å²) < 4.78 is 19.4. The molecule has 4 rings (SSSR count). The number of nitrogens with one attached hydrogen (secondary N) is 2. The Hall–Kier alpha value is -3.31. The molecule has 0 fully saturated rings. The standard InChI is InChI=1S/C24H20ClFN2O2/c1-30-16-11-9-15(10-12-16)18(19-14-27-22-8-3-2-5-17(19)22)13-28-24(29)23-20(25)6-4-7-21(23)26/h2-12,14,18,27H,13H2,1H3,(H,28,29). The van der Waals surface area contributed by atoms with Gasteiger partial charge in [0, 0.05) is 29.6 Å². The molecule has 152 valence electrons. The van der Waals surface area contributed by atoms with Crippen LogP contribution in [0.1, 0.15) is 27.4 Å². The van der Waals surface area contributed by atoms with Crippen molar-refractivity contribution in [3.05, 3.63) is 100 Å². The summed E-state index contributed by atoms with van der Waals surface area (Å²) in [6.45, 7) is 0.275. The molecule has 4 nitrogen and oxygen atoms in total. The molecule has 3 aromatic carbocycles. The lowest BCUT2D eigenvalue weighted by molar-refractivity contribution is 0.0948. The highest BCUT2D eigenvalue weighted by atomic mass is 35.5. The molecule has 1 unspecified atom stereocenters. The number of hydrogen-bond donors (Lipinski definition) is 2. The van der Waals surface area contributed by atoms with Crippen molar-refractivity contribution in [3.8, 4) is 5.75 Å². The van der Waals surface area contributed by atoms with Gasteiger partial charge in [-0.25, -0.2) is 4.39 Å². The van der Waals surface area contributed by atoms with Crippen LogP contribution < -0.4 is 10.1 Å². The number of rotatable bonds is 6. The summed E-state index contributed by atoms with van der Waals surface area (Å²) in [6, 6.07) is 19.9. The minimum atomic E-state index is -0.645. The van der Waals surface area contributed by atoms with Gasteiger partial charge >= 0.3 is 0 Å². The van der Waals surface area contributed by atoms with Crippen LogP contribution in [0, 0.1) is 5.82 Å². The largest absolute Gasteiger partial charge is 0.497 e. The zero-order valence-electron chi connectivity index (χ0n) is 16.3. The number of ether oxygens (including phenoxy) is 1. The quantitative estimate of drug-likeness (QED) is 0.429. The lowest BCUT2D eigenvalue weighted by atomic mass is 9.90. The minimum absolute atomic E-state index is 0.0839. The monoisotopic (exact) mass is 422 g/mol. The molecule has 0 saturated heterocycles. The summed E-state index contributed by atoms with van der Waals surface area (Å²) in [4.78, 5) is 16.0. The Bertz CT molecular complexity index is 1170.